The largest absolute Gasteiger partial charge is 0.265 e. The van der Waals surface area contributed by atoms with E-state index in [0.717, 1.165) is 10.9 Å². The molecule has 0 unspecified atom stereocenters. The average molecular weight is 131 g/mol. The fraction of sp³-hybridized carbons (Fsp3) is 0.125. The van der Waals surface area contributed by atoms with Crippen molar-refractivity contribution < 1.29 is 0 Å². The molecule has 0 aliphatic heterocycles. The van der Waals surface area contributed by atoms with E-state index >= 15 is 0 Å². The van der Waals surface area contributed by atoms with Gasteiger partial charge in [0.05, 0.1) is 11.7 Å². The van der Waals surface area contributed by atoms with Crippen molar-refractivity contribution in [3.8, 4) is 0 Å². The highest BCUT2D eigenvalue weighted by molar-refractivity contribution is 5.76. The van der Waals surface area contributed by atoms with Gasteiger partial charge in [0.15, 0.2) is 0 Å². The highest BCUT2D eigenvalue weighted by Gasteiger charge is 1.93. The van der Waals surface area contributed by atoms with Gasteiger partial charge in [0.25, 0.3) is 0 Å². The highest BCUT2D eigenvalue weighted by Crippen LogP contribution is 2.08. The molecule has 2 heteroatoms. The molecule has 0 fully saturated rings. The van der Waals surface area contributed by atoms with Crippen LogP contribution in [0.5, 0.6) is 0 Å². The average Bonchev–Trinajstić information content (AvgIpc) is 2.27. The molecule has 2 aromatic rings. The molecule has 0 spiro atoms. The first-order chi connectivity index (χ1) is 4.86. The third-order valence-corrected chi connectivity index (χ3v) is 1.44. The second-order valence-corrected chi connectivity index (χ2v) is 2.25. The Hall–Kier alpha value is -1.31. The van der Waals surface area contributed by atoms with E-state index < -0.39 is 0 Å². The zero-order valence-corrected chi connectivity index (χ0v) is 5.70. The van der Waals surface area contributed by atoms with Gasteiger partial charge < -0.3 is 0 Å². The molecular weight excluding hydrogens is 124 g/mol. The number of aromatic nitrogens is 2. The molecule has 1 aromatic carbocycles. The lowest BCUT2D eigenvalue weighted by molar-refractivity contribution is 0.773. The van der Waals surface area contributed by atoms with Crippen LogP contribution in [0.25, 0.3) is 10.9 Å². The monoisotopic (exact) mass is 131 g/mol. The first kappa shape index (κ1) is 5.47. The molecule has 10 heavy (non-hydrogen) atoms. The van der Waals surface area contributed by atoms with Crippen LogP contribution in [0.4, 0.5) is 0 Å². The summed E-state index contributed by atoms with van der Waals surface area (Å²) < 4.78 is 1.70. The van der Waals surface area contributed by atoms with E-state index in [1.54, 1.807) is 4.68 Å². The Morgan fingerprint density at radius 2 is 2.20 bits per heavy atom. The Morgan fingerprint density at radius 1 is 1.40 bits per heavy atom. The molecule has 2 nitrogen and oxygen atoms in total. The summed E-state index contributed by atoms with van der Waals surface area (Å²) >= 11 is 0. The van der Waals surface area contributed by atoms with E-state index in [0.29, 0.717) is 0 Å². The van der Waals surface area contributed by atoms with Gasteiger partial charge in [0.2, 0.25) is 0 Å². The Labute approximate surface area is 59.1 Å². The molecule has 0 saturated carbocycles. The SMILES string of the molecule is Cn1[c]c2ccccc2n1. The van der Waals surface area contributed by atoms with E-state index in [9.17, 15) is 0 Å². The van der Waals surface area contributed by atoms with Crippen LogP contribution in [-0.2, 0) is 7.05 Å². The van der Waals surface area contributed by atoms with Crippen LogP contribution in [-0.4, -0.2) is 9.78 Å². The van der Waals surface area contributed by atoms with Crippen LogP contribution in [0, 0.1) is 6.20 Å². The Morgan fingerprint density at radius 3 is 3.00 bits per heavy atom. The quantitative estimate of drug-likeness (QED) is 0.528. The smallest absolute Gasteiger partial charge is 0.0945 e. The molecule has 49 valence electrons. The van der Waals surface area contributed by atoms with Crippen LogP contribution in [0.1, 0.15) is 0 Å². The normalized spacial score (nSPS) is 10.5. The molecule has 0 bridgehead atoms. The fourth-order valence-corrected chi connectivity index (χ4v) is 1.02. The molecule has 0 aliphatic rings. The van der Waals surface area contributed by atoms with Crippen molar-refractivity contribution in [3.05, 3.63) is 30.5 Å². The molecule has 0 amide bonds. The lowest BCUT2D eigenvalue weighted by atomic mass is 10.3. The maximum atomic E-state index is 4.17. The van der Waals surface area contributed by atoms with E-state index in [1.807, 2.05) is 31.3 Å². The zero-order valence-electron chi connectivity index (χ0n) is 5.70. The number of benzene rings is 1. The summed E-state index contributed by atoms with van der Waals surface area (Å²) in [7, 11) is 1.88. The molecular formula is C8H7N2. The molecule has 0 atom stereocenters. The Bertz CT molecular complexity index is 316. The number of aryl methyl sites for hydroxylation is 1. The number of hydrogen-bond donors (Lipinski definition) is 0. The molecule has 2 rings (SSSR count). The van der Waals surface area contributed by atoms with Gasteiger partial charge >= 0.3 is 0 Å². The number of nitrogens with zero attached hydrogens (tertiary/aromatic N) is 2. The maximum absolute atomic E-state index is 4.17. The second-order valence-electron chi connectivity index (χ2n) is 2.25. The van der Waals surface area contributed by atoms with E-state index in [2.05, 4.69) is 11.3 Å². The second kappa shape index (κ2) is 1.84. The molecule has 0 aliphatic carbocycles. The number of hydrogen-bond acceptors (Lipinski definition) is 1. The van der Waals surface area contributed by atoms with Crippen molar-refractivity contribution in [2.75, 3.05) is 0 Å². The van der Waals surface area contributed by atoms with Crippen LogP contribution in [0.2, 0.25) is 0 Å². The van der Waals surface area contributed by atoms with Crippen LogP contribution < -0.4 is 0 Å². The zero-order chi connectivity index (χ0) is 6.97. The summed E-state index contributed by atoms with van der Waals surface area (Å²) in [5.74, 6) is 0. The maximum Gasteiger partial charge on any atom is 0.0945 e. The summed E-state index contributed by atoms with van der Waals surface area (Å²) in [6.07, 6.45) is 3.06. The third-order valence-electron chi connectivity index (χ3n) is 1.44. The summed E-state index contributed by atoms with van der Waals surface area (Å²) in [5, 5.41) is 5.25. The van der Waals surface area contributed by atoms with Gasteiger partial charge in [-0.2, -0.15) is 5.10 Å². The number of fused-ring (bicyclic) bond motifs is 1. The van der Waals surface area contributed by atoms with Gasteiger partial charge in [-0.25, -0.2) is 0 Å². The molecule has 0 N–H and O–H groups in total. The van der Waals surface area contributed by atoms with Crippen LogP contribution >= 0.6 is 0 Å². The van der Waals surface area contributed by atoms with Gasteiger partial charge in [-0.3, -0.25) is 4.68 Å². The standard InChI is InChI=1S/C8H7N2/c1-10-6-7-4-2-3-5-8(7)9-10/h2-5H,1H3. The topological polar surface area (TPSA) is 17.8 Å². The minimum atomic E-state index is 1.00. The summed E-state index contributed by atoms with van der Waals surface area (Å²) in [5.41, 5.74) is 1.00. The Balaban J connectivity index is 2.88. The predicted octanol–water partition coefficient (Wildman–Crippen LogP) is 1.37. The minimum absolute atomic E-state index is 1.00. The van der Waals surface area contributed by atoms with Crippen LogP contribution in [0.15, 0.2) is 24.3 Å². The Kier molecular flexibility index (Phi) is 1.01. The van der Waals surface area contributed by atoms with Crippen molar-refractivity contribution in [3.63, 3.8) is 0 Å². The summed E-state index contributed by atoms with van der Waals surface area (Å²) in [4.78, 5) is 0. The lowest BCUT2D eigenvalue weighted by Gasteiger charge is -1.80. The third kappa shape index (κ3) is 0.692. The van der Waals surface area contributed by atoms with Gasteiger partial charge in [0.1, 0.15) is 0 Å². The summed E-state index contributed by atoms with van der Waals surface area (Å²) in [6, 6.07) is 7.94. The van der Waals surface area contributed by atoms with E-state index in [4.69, 9.17) is 0 Å². The first-order valence-electron chi connectivity index (χ1n) is 3.17. The van der Waals surface area contributed by atoms with Crippen molar-refractivity contribution >= 4 is 10.9 Å². The van der Waals surface area contributed by atoms with Crippen molar-refractivity contribution in [2.45, 2.75) is 0 Å². The van der Waals surface area contributed by atoms with E-state index in [-0.39, 0.29) is 0 Å². The first-order valence-corrected chi connectivity index (χ1v) is 3.17. The van der Waals surface area contributed by atoms with Crippen molar-refractivity contribution in [1.82, 2.24) is 9.78 Å². The van der Waals surface area contributed by atoms with Crippen molar-refractivity contribution in [1.29, 1.82) is 0 Å². The van der Waals surface area contributed by atoms with Gasteiger partial charge in [0, 0.05) is 12.4 Å². The van der Waals surface area contributed by atoms with E-state index in [1.165, 1.54) is 0 Å². The van der Waals surface area contributed by atoms with Gasteiger partial charge in [-0.1, -0.05) is 18.2 Å². The predicted molar refractivity (Wildman–Crippen MR) is 39.6 cm³/mol. The molecule has 1 heterocycles. The fourth-order valence-electron chi connectivity index (χ4n) is 1.02. The molecule has 1 radical (unpaired) electrons. The number of rotatable bonds is 0. The summed E-state index contributed by atoms with van der Waals surface area (Å²) in [6.45, 7) is 0. The minimum Gasteiger partial charge on any atom is -0.265 e. The lowest BCUT2D eigenvalue weighted by Crippen LogP contribution is -1.85. The van der Waals surface area contributed by atoms with Crippen molar-refractivity contribution in [2.24, 2.45) is 7.05 Å². The van der Waals surface area contributed by atoms with Gasteiger partial charge in [-0.05, 0) is 6.07 Å². The van der Waals surface area contributed by atoms with Crippen LogP contribution in [0.3, 0.4) is 0 Å². The van der Waals surface area contributed by atoms with Gasteiger partial charge in [-0.15, -0.1) is 0 Å². The molecule has 0 saturated heterocycles. The highest BCUT2D eigenvalue weighted by atomic mass is 15.2. The molecule has 1 aromatic heterocycles.